The minimum absolute atomic E-state index is 0. The second-order valence-corrected chi connectivity index (χ2v) is 7.65. The quantitative estimate of drug-likeness (QED) is 0.193. The third-order valence-corrected chi connectivity index (χ3v) is 5.13. The van der Waals surface area contributed by atoms with E-state index in [1.165, 1.54) is 5.69 Å². The molecule has 0 radical (unpaired) electrons. The zero-order valence-corrected chi connectivity index (χ0v) is 20.2. The molecule has 3 N–H and O–H groups in total. The Kier molecular flexibility index (Phi) is 11.5. The molecule has 0 amide bonds. The molecule has 0 aliphatic rings. The third-order valence-electron chi connectivity index (χ3n) is 4.44. The van der Waals surface area contributed by atoms with Crippen LogP contribution in [0.2, 0.25) is 0 Å². The molecule has 1 unspecified atom stereocenters. The summed E-state index contributed by atoms with van der Waals surface area (Å²) in [4.78, 5) is 6.84. The van der Waals surface area contributed by atoms with Crippen LogP contribution in [0.25, 0.3) is 0 Å². The van der Waals surface area contributed by atoms with Gasteiger partial charge >= 0.3 is 0 Å². The third kappa shape index (κ3) is 8.36. The summed E-state index contributed by atoms with van der Waals surface area (Å²) < 4.78 is 0. The zero-order valence-electron chi connectivity index (χ0n) is 17.0. The predicted octanol–water partition coefficient (Wildman–Crippen LogP) is 4.05. The van der Waals surface area contributed by atoms with Crippen LogP contribution in [0.1, 0.15) is 32.3 Å². The van der Waals surface area contributed by atoms with Gasteiger partial charge in [-0.3, -0.25) is 0 Å². The molecule has 5 nitrogen and oxygen atoms in total. The van der Waals surface area contributed by atoms with Gasteiger partial charge < -0.3 is 20.6 Å². The molecule has 0 aliphatic heterocycles. The van der Waals surface area contributed by atoms with Gasteiger partial charge in [-0.1, -0.05) is 18.2 Å². The number of nitrogens with zero attached hydrogens (tertiary/aromatic N) is 2. The Balaban J connectivity index is 0.00000392. The number of hydrogen-bond donors (Lipinski definition) is 3. The smallest absolute Gasteiger partial charge is 0.191 e. The molecule has 0 spiro atoms. The molecular formula is C21H33IN4OS. The molecule has 1 heterocycles. The molecule has 0 fully saturated rings. The molecule has 0 saturated carbocycles. The standard InChI is InChI=1S/C21H32N4OS.HI/c1-4-22-20(24-17-21(2,26)18-12-15-27-16-18)23-13-8-9-14-25(3)19-10-6-5-7-11-19;/h5-7,10-12,15-16,26H,4,8-9,13-14,17H2,1-3H3,(H2,22,23,24);1H. The van der Waals surface area contributed by atoms with Gasteiger partial charge in [0.1, 0.15) is 5.60 Å². The van der Waals surface area contributed by atoms with E-state index in [1.54, 1.807) is 11.3 Å². The number of aliphatic hydroxyl groups is 1. The monoisotopic (exact) mass is 516 g/mol. The number of aliphatic imine (C=N–C) groups is 1. The first kappa shape index (κ1) is 24.7. The van der Waals surface area contributed by atoms with Crippen LogP contribution in [-0.2, 0) is 5.60 Å². The molecule has 28 heavy (non-hydrogen) atoms. The van der Waals surface area contributed by atoms with Crippen molar-refractivity contribution in [2.24, 2.45) is 4.99 Å². The summed E-state index contributed by atoms with van der Waals surface area (Å²) in [5.41, 5.74) is 1.22. The average molecular weight is 516 g/mol. The van der Waals surface area contributed by atoms with Crippen molar-refractivity contribution in [2.75, 3.05) is 38.1 Å². The van der Waals surface area contributed by atoms with Crippen LogP contribution < -0.4 is 15.5 Å². The van der Waals surface area contributed by atoms with E-state index in [4.69, 9.17) is 0 Å². The average Bonchev–Trinajstić information content (AvgIpc) is 3.22. The van der Waals surface area contributed by atoms with Crippen molar-refractivity contribution in [3.8, 4) is 0 Å². The molecule has 7 heteroatoms. The summed E-state index contributed by atoms with van der Waals surface area (Å²) >= 11 is 1.59. The van der Waals surface area contributed by atoms with Crippen molar-refractivity contribution in [2.45, 2.75) is 32.3 Å². The number of halogens is 1. The Morgan fingerprint density at radius 1 is 1.18 bits per heavy atom. The minimum Gasteiger partial charge on any atom is -0.383 e. The van der Waals surface area contributed by atoms with E-state index in [2.05, 4.69) is 51.8 Å². The fourth-order valence-corrected chi connectivity index (χ4v) is 3.51. The number of benzene rings is 1. The van der Waals surface area contributed by atoms with E-state index < -0.39 is 5.60 Å². The normalized spacial score (nSPS) is 13.4. The van der Waals surface area contributed by atoms with Crippen molar-refractivity contribution < 1.29 is 5.11 Å². The number of guanidine groups is 1. The topological polar surface area (TPSA) is 59.9 Å². The van der Waals surface area contributed by atoms with Crippen molar-refractivity contribution in [1.82, 2.24) is 10.6 Å². The van der Waals surface area contributed by atoms with Crippen LogP contribution in [0, 0.1) is 0 Å². The van der Waals surface area contributed by atoms with E-state index in [9.17, 15) is 5.11 Å². The number of thiophene rings is 1. The van der Waals surface area contributed by atoms with Gasteiger partial charge in [-0.05, 0) is 61.2 Å². The van der Waals surface area contributed by atoms with Crippen LogP contribution in [0.15, 0.2) is 52.2 Å². The van der Waals surface area contributed by atoms with Crippen LogP contribution in [0.5, 0.6) is 0 Å². The lowest BCUT2D eigenvalue weighted by Crippen LogP contribution is -2.39. The Morgan fingerprint density at radius 2 is 1.93 bits per heavy atom. The Labute approximate surface area is 190 Å². The Bertz CT molecular complexity index is 677. The maximum absolute atomic E-state index is 10.6. The van der Waals surface area contributed by atoms with Crippen LogP contribution in [-0.4, -0.2) is 44.3 Å². The number of unbranched alkanes of at least 4 members (excludes halogenated alkanes) is 1. The van der Waals surface area contributed by atoms with Crippen molar-refractivity contribution in [3.05, 3.63) is 52.7 Å². The molecule has 156 valence electrons. The van der Waals surface area contributed by atoms with Gasteiger partial charge in [-0.15, -0.1) is 24.0 Å². The number of anilines is 1. The van der Waals surface area contributed by atoms with E-state index >= 15 is 0 Å². The summed E-state index contributed by atoms with van der Waals surface area (Å²) in [6, 6.07) is 12.4. The minimum atomic E-state index is -0.944. The summed E-state index contributed by atoms with van der Waals surface area (Å²) in [5.74, 6) is 0.754. The van der Waals surface area contributed by atoms with Gasteiger partial charge in [0.25, 0.3) is 0 Å². The van der Waals surface area contributed by atoms with Crippen LogP contribution in [0.3, 0.4) is 0 Å². The highest BCUT2D eigenvalue weighted by Gasteiger charge is 2.23. The maximum atomic E-state index is 10.6. The van der Waals surface area contributed by atoms with Crippen molar-refractivity contribution >= 4 is 47.0 Å². The molecule has 1 atom stereocenters. The van der Waals surface area contributed by atoms with Crippen LogP contribution in [0.4, 0.5) is 5.69 Å². The molecule has 1 aromatic heterocycles. The highest BCUT2D eigenvalue weighted by Crippen LogP contribution is 2.23. The first-order valence-electron chi connectivity index (χ1n) is 9.56. The number of hydrogen-bond acceptors (Lipinski definition) is 4. The second kappa shape index (κ2) is 13.0. The SMILES string of the molecule is CCNC(=NCC(C)(O)c1ccsc1)NCCCCN(C)c1ccccc1.I. The van der Waals surface area contributed by atoms with Gasteiger partial charge in [-0.25, -0.2) is 4.99 Å². The summed E-state index contributed by atoms with van der Waals surface area (Å²) in [6.07, 6.45) is 2.16. The van der Waals surface area contributed by atoms with E-state index in [0.717, 1.165) is 44.0 Å². The molecule has 2 rings (SSSR count). The summed E-state index contributed by atoms with van der Waals surface area (Å²) in [5, 5.41) is 21.2. The summed E-state index contributed by atoms with van der Waals surface area (Å²) in [6.45, 7) is 6.85. The van der Waals surface area contributed by atoms with Gasteiger partial charge in [0.2, 0.25) is 0 Å². The molecule has 0 bridgehead atoms. The Hall–Kier alpha value is -1.32. The lowest BCUT2D eigenvalue weighted by molar-refractivity contribution is 0.0677. The van der Waals surface area contributed by atoms with Gasteiger partial charge in [-0.2, -0.15) is 11.3 Å². The number of rotatable bonds is 10. The molecule has 1 aromatic carbocycles. The largest absolute Gasteiger partial charge is 0.383 e. The van der Waals surface area contributed by atoms with E-state index in [1.807, 2.05) is 36.7 Å². The van der Waals surface area contributed by atoms with Crippen LogP contribution >= 0.6 is 35.3 Å². The predicted molar refractivity (Wildman–Crippen MR) is 132 cm³/mol. The molecular weight excluding hydrogens is 483 g/mol. The van der Waals surface area contributed by atoms with E-state index in [0.29, 0.717) is 6.54 Å². The van der Waals surface area contributed by atoms with E-state index in [-0.39, 0.29) is 24.0 Å². The van der Waals surface area contributed by atoms with Crippen molar-refractivity contribution in [1.29, 1.82) is 0 Å². The highest BCUT2D eigenvalue weighted by atomic mass is 127. The number of para-hydroxylation sites is 1. The Morgan fingerprint density at radius 3 is 2.57 bits per heavy atom. The number of nitrogens with one attached hydrogen (secondary N) is 2. The first-order valence-corrected chi connectivity index (χ1v) is 10.5. The van der Waals surface area contributed by atoms with Crippen molar-refractivity contribution in [3.63, 3.8) is 0 Å². The second-order valence-electron chi connectivity index (χ2n) is 6.87. The fraction of sp³-hybridized carbons (Fsp3) is 0.476. The fourth-order valence-electron chi connectivity index (χ4n) is 2.73. The molecule has 2 aromatic rings. The highest BCUT2D eigenvalue weighted by molar-refractivity contribution is 14.0. The maximum Gasteiger partial charge on any atom is 0.191 e. The van der Waals surface area contributed by atoms with Gasteiger partial charge in [0.05, 0.1) is 6.54 Å². The lowest BCUT2D eigenvalue weighted by atomic mass is 10.00. The van der Waals surface area contributed by atoms with Gasteiger partial charge in [0, 0.05) is 32.4 Å². The zero-order chi connectivity index (χ0) is 19.5. The summed E-state index contributed by atoms with van der Waals surface area (Å²) in [7, 11) is 2.13. The first-order chi connectivity index (χ1) is 13.0. The molecule has 0 aliphatic carbocycles. The van der Waals surface area contributed by atoms with Gasteiger partial charge in [0.15, 0.2) is 5.96 Å². The molecule has 0 saturated heterocycles. The lowest BCUT2D eigenvalue weighted by Gasteiger charge is -2.21.